The first-order chi connectivity index (χ1) is 11.9. The van der Waals surface area contributed by atoms with Crippen LogP contribution < -0.4 is 5.32 Å². The van der Waals surface area contributed by atoms with Crippen molar-refractivity contribution < 1.29 is 17.7 Å². The van der Waals surface area contributed by atoms with Gasteiger partial charge in [0.15, 0.2) is 0 Å². The van der Waals surface area contributed by atoms with E-state index >= 15 is 0 Å². The normalized spacial score (nSPS) is 16.8. The summed E-state index contributed by atoms with van der Waals surface area (Å²) in [5, 5.41) is 8.74. The van der Waals surface area contributed by atoms with Gasteiger partial charge in [-0.1, -0.05) is 11.2 Å². The van der Waals surface area contributed by atoms with Gasteiger partial charge in [-0.25, -0.2) is 12.7 Å². The van der Waals surface area contributed by atoms with E-state index in [0.29, 0.717) is 50.6 Å². The van der Waals surface area contributed by atoms with Crippen LogP contribution in [0, 0.1) is 5.92 Å². The number of nitrogens with zero attached hydrogens (tertiary/aromatic N) is 3. The van der Waals surface area contributed by atoms with Crippen molar-refractivity contribution in [2.45, 2.75) is 19.3 Å². The van der Waals surface area contributed by atoms with Crippen LogP contribution in [-0.4, -0.2) is 54.7 Å². The predicted molar refractivity (Wildman–Crippen MR) is 93.5 cm³/mol. The largest absolute Gasteiger partial charge is 0.355 e. The van der Waals surface area contributed by atoms with Crippen molar-refractivity contribution in [3.63, 3.8) is 0 Å². The Morgan fingerprint density at radius 1 is 1.44 bits per heavy atom. The molecule has 0 atom stereocenters. The fraction of sp³-hybridized carbons (Fsp3) is 0.533. The van der Waals surface area contributed by atoms with Crippen LogP contribution in [0.2, 0.25) is 0 Å². The Balaban J connectivity index is 1.43. The van der Waals surface area contributed by atoms with Crippen molar-refractivity contribution in [1.82, 2.24) is 19.8 Å². The highest BCUT2D eigenvalue weighted by Gasteiger charge is 2.28. The fourth-order valence-electron chi connectivity index (χ4n) is 2.75. The molecule has 1 saturated heterocycles. The molecule has 8 nitrogen and oxygen atoms in total. The lowest BCUT2D eigenvalue weighted by Gasteiger charge is -2.29. The van der Waals surface area contributed by atoms with E-state index in [-0.39, 0.29) is 11.8 Å². The summed E-state index contributed by atoms with van der Waals surface area (Å²) < 4.78 is 29.6. The van der Waals surface area contributed by atoms with E-state index in [9.17, 15) is 13.2 Å². The number of carbonyl (C=O) groups excluding carboxylic acids is 1. The summed E-state index contributed by atoms with van der Waals surface area (Å²) in [6, 6.07) is 3.84. The third kappa shape index (κ3) is 4.65. The van der Waals surface area contributed by atoms with Gasteiger partial charge in [0, 0.05) is 32.0 Å². The average Bonchev–Trinajstić information content (AvgIpc) is 3.25. The van der Waals surface area contributed by atoms with Gasteiger partial charge in [-0.15, -0.1) is 11.3 Å². The lowest BCUT2D eigenvalue weighted by atomic mass is 9.97. The van der Waals surface area contributed by atoms with Crippen LogP contribution in [0.5, 0.6) is 0 Å². The molecule has 25 heavy (non-hydrogen) atoms. The molecule has 0 unspecified atom stereocenters. The molecule has 3 heterocycles. The number of thiophene rings is 1. The average molecular weight is 384 g/mol. The lowest BCUT2D eigenvalue weighted by Crippen LogP contribution is -2.42. The number of piperidine rings is 1. The molecule has 1 N–H and O–H groups in total. The molecule has 2 aromatic heterocycles. The number of aromatic nitrogens is 2. The third-order valence-corrected chi connectivity index (χ3v) is 6.31. The Kier molecular flexibility index (Phi) is 5.50. The van der Waals surface area contributed by atoms with Crippen LogP contribution in [0.1, 0.15) is 18.7 Å². The predicted octanol–water partition coefficient (Wildman–Crippen LogP) is 1.13. The van der Waals surface area contributed by atoms with Crippen LogP contribution in [0.25, 0.3) is 10.7 Å². The number of hydrogen-bond acceptors (Lipinski definition) is 7. The maximum atomic E-state index is 12.2. The highest BCUT2D eigenvalue weighted by molar-refractivity contribution is 7.88. The van der Waals surface area contributed by atoms with Gasteiger partial charge in [-0.3, -0.25) is 4.79 Å². The summed E-state index contributed by atoms with van der Waals surface area (Å²) in [5.74, 6) is 0.841. The molecule has 0 aliphatic carbocycles. The van der Waals surface area contributed by atoms with Gasteiger partial charge >= 0.3 is 0 Å². The summed E-state index contributed by atoms with van der Waals surface area (Å²) in [4.78, 5) is 17.4. The van der Waals surface area contributed by atoms with Gasteiger partial charge < -0.3 is 9.84 Å². The second-order valence-corrected chi connectivity index (χ2v) is 8.90. The molecular formula is C15H20N4O4S2. The Hall–Kier alpha value is -1.78. The van der Waals surface area contributed by atoms with E-state index in [1.54, 1.807) is 0 Å². The minimum atomic E-state index is -3.17. The number of amides is 1. The van der Waals surface area contributed by atoms with E-state index in [0.717, 1.165) is 4.88 Å². The summed E-state index contributed by atoms with van der Waals surface area (Å²) in [7, 11) is -3.17. The zero-order valence-electron chi connectivity index (χ0n) is 13.8. The van der Waals surface area contributed by atoms with E-state index in [1.807, 2.05) is 17.5 Å². The first-order valence-corrected chi connectivity index (χ1v) is 10.8. The molecule has 0 saturated carbocycles. The number of nitrogens with one attached hydrogen (secondary N) is 1. The van der Waals surface area contributed by atoms with Gasteiger partial charge in [-0.2, -0.15) is 4.98 Å². The Labute approximate surface area is 150 Å². The van der Waals surface area contributed by atoms with Crippen molar-refractivity contribution in [2.75, 3.05) is 25.9 Å². The van der Waals surface area contributed by atoms with E-state index in [2.05, 4.69) is 15.5 Å². The van der Waals surface area contributed by atoms with Crippen molar-refractivity contribution in [3.8, 4) is 10.7 Å². The molecule has 1 amide bonds. The molecule has 1 aliphatic heterocycles. The van der Waals surface area contributed by atoms with E-state index in [4.69, 9.17) is 4.52 Å². The molecule has 3 rings (SSSR count). The first kappa shape index (κ1) is 18.0. The standard InChI is InChI=1S/C15H20N4O4S2/c1-25(21,22)19-8-5-11(6-9-19)15(20)16-7-4-13-17-14(18-23-13)12-3-2-10-24-12/h2-3,10-11H,4-9H2,1H3,(H,16,20). The van der Waals surface area contributed by atoms with Crippen LogP contribution >= 0.6 is 11.3 Å². The monoisotopic (exact) mass is 384 g/mol. The minimum absolute atomic E-state index is 0.0499. The summed E-state index contributed by atoms with van der Waals surface area (Å²) in [6.07, 6.45) is 2.75. The van der Waals surface area contributed by atoms with Gasteiger partial charge in [0.2, 0.25) is 27.6 Å². The highest BCUT2D eigenvalue weighted by atomic mass is 32.2. The van der Waals surface area contributed by atoms with Gasteiger partial charge in [0.25, 0.3) is 0 Å². The van der Waals surface area contributed by atoms with Crippen LogP contribution in [0.3, 0.4) is 0 Å². The summed E-state index contributed by atoms with van der Waals surface area (Å²) in [5.41, 5.74) is 0. The van der Waals surface area contributed by atoms with Crippen molar-refractivity contribution in [1.29, 1.82) is 0 Å². The molecule has 0 spiro atoms. The maximum absolute atomic E-state index is 12.2. The summed E-state index contributed by atoms with van der Waals surface area (Å²) >= 11 is 1.54. The number of sulfonamides is 1. The van der Waals surface area contributed by atoms with Crippen LogP contribution in [-0.2, 0) is 21.2 Å². The van der Waals surface area contributed by atoms with Crippen molar-refractivity contribution >= 4 is 27.3 Å². The van der Waals surface area contributed by atoms with Gasteiger partial charge in [0.05, 0.1) is 11.1 Å². The topological polar surface area (TPSA) is 105 Å². The molecule has 0 aromatic carbocycles. The maximum Gasteiger partial charge on any atom is 0.228 e. The Morgan fingerprint density at radius 3 is 2.84 bits per heavy atom. The molecule has 1 aliphatic rings. The van der Waals surface area contributed by atoms with Crippen molar-refractivity contribution in [2.24, 2.45) is 5.92 Å². The smallest absolute Gasteiger partial charge is 0.228 e. The van der Waals surface area contributed by atoms with Gasteiger partial charge in [0.1, 0.15) is 0 Å². The second-order valence-electron chi connectivity index (χ2n) is 5.97. The van der Waals surface area contributed by atoms with Crippen LogP contribution in [0.4, 0.5) is 0 Å². The van der Waals surface area contributed by atoms with E-state index in [1.165, 1.54) is 21.9 Å². The lowest BCUT2D eigenvalue weighted by molar-refractivity contribution is -0.126. The van der Waals surface area contributed by atoms with Crippen LogP contribution in [0.15, 0.2) is 22.0 Å². The van der Waals surface area contributed by atoms with E-state index < -0.39 is 10.0 Å². The molecule has 0 bridgehead atoms. The molecule has 1 fully saturated rings. The molecule has 2 aromatic rings. The molecule has 136 valence electrons. The SMILES string of the molecule is CS(=O)(=O)N1CCC(C(=O)NCCc2nc(-c3cccs3)no2)CC1. The fourth-order valence-corrected chi connectivity index (χ4v) is 4.27. The third-order valence-electron chi connectivity index (χ3n) is 4.14. The second kappa shape index (κ2) is 7.63. The van der Waals surface area contributed by atoms with Crippen molar-refractivity contribution in [3.05, 3.63) is 23.4 Å². The summed E-state index contributed by atoms with van der Waals surface area (Å²) in [6.45, 7) is 1.20. The minimum Gasteiger partial charge on any atom is -0.355 e. The van der Waals surface area contributed by atoms with Gasteiger partial charge in [-0.05, 0) is 24.3 Å². The molecule has 0 radical (unpaired) electrons. The molecule has 10 heteroatoms. The highest BCUT2D eigenvalue weighted by Crippen LogP contribution is 2.21. The first-order valence-electron chi connectivity index (χ1n) is 8.03. The zero-order valence-corrected chi connectivity index (χ0v) is 15.5. The Bertz CT molecular complexity index is 808. The number of hydrogen-bond donors (Lipinski definition) is 1. The number of carbonyl (C=O) groups is 1. The zero-order chi connectivity index (χ0) is 17.9. The Morgan fingerprint density at radius 2 is 2.20 bits per heavy atom. The molecular weight excluding hydrogens is 364 g/mol. The quantitative estimate of drug-likeness (QED) is 0.800. The number of rotatable bonds is 6.